The van der Waals surface area contributed by atoms with Crippen LogP contribution in [0, 0.1) is 0 Å². The predicted molar refractivity (Wildman–Crippen MR) is 104 cm³/mol. The number of aliphatic hydroxyl groups is 1. The molecule has 2 aromatic rings. The van der Waals surface area contributed by atoms with E-state index in [1.54, 1.807) is 24.2 Å². The summed E-state index contributed by atoms with van der Waals surface area (Å²) in [7, 11) is 0. The second-order valence-corrected chi connectivity index (χ2v) is 8.22. The fraction of sp³-hybridized carbons (Fsp3) is 0.450. The zero-order valence-corrected chi connectivity index (χ0v) is 16.0. The molecule has 2 heterocycles. The number of aromatic nitrogens is 2. The minimum Gasteiger partial charge on any atom is -0.388 e. The standard InChI is InChI=1S/C20H23ClN4O2/c1-20(27)5-2-6-25(12-20)18(26)15-10-22-19(23-11-15)24-17-8-13-3-4-16(21)7-14(13)9-17/h3-4,7,10-11,17,27H,2,5-6,8-9,12H2,1H3,(H,22,23,24)/t17-,20?/m1/s1. The molecule has 0 bridgehead atoms. The van der Waals surface area contributed by atoms with E-state index in [0.717, 1.165) is 24.3 Å². The third-order valence-corrected chi connectivity index (χ3v) is 5.53. The van der Waals surface area contributed by atoms with Crippen molar-refractivity contribution < 1.29 is 9.90 Å². The van der Waals surface area contributed by atoms with E-state index in [1.165, 1.54) is 11.1 Å². The van der Waals surface area contributed by atoms with Gasteiger partial charge in [0.2, 0.25) is 5.95 Å². The number of nitrogens with one attached hydrogen (secondary N) is 1. The molecule has 6 nitrogen and oxygen atoms in total. The van der Waals surface area contributed by atoms with Crippen molar-refractivity contribution in [3.8, 4) is 0 Å². The molecule has 1 aromatic carbocycles. The second-order valence-electron chi connectivity index (χ2n) is 7.79. The summed E-state index contributed by atoms with van der Waals surface area (Å²) in [5, 5.41) is 14.3. The number of hydrogen-bond donors (Lipinski definition) is 2. The number of halogens is 1. The first-order valence-electron chi connectivity index (χ1n) is 9.27. The molecular weight excluding hydrogens is 364 g/mol. The predicted octanol–water partition coefficient (Wildman–Crippen LogP) is 2.70. The number of fused-ring (bicyclic) bond motifs is 1. The quantitative estimate of drug-likeness (QED) is 0.848. The van der Waals surface area contributed by atoms with Crippen LogP contribution in [0.5, 0.6) is 0 Å². The molecule has 1 aliphatic carbocycles. The number of anilines is 1. The number of carbonyl (C=O) groups excluding carboxylic acids is 1. The molecule has 2 atom stereocenters. The van der Waals surface area contributed by atoms with Crippen molar-refractivity contribution in [1.29, 1.82) is 0 Å². The van der Waals surface area contributed by atoms with E-state index in [0.29, 0.717) is 31.0 Å². The molecular formula is C20H23ClN4O2. The Morgan fingerprint density at radius 3 is 2.78 bits per heavy atom. The minimum absolute atomic E-state index is 0.135. The highest BCUT2D eigenvalue weighted by molar-refractivity contribution is 6.30. The van der Waals surface area contributed by atoms with E-state index in [4.69, 9.17) is 11.6 Å². The van der Waals surface area contributed by atoms with E-state index in [9.17, 15) is 9.90 Å². The highest BCUT2D eigenvalue weighted by atomic mass is 35.5. The number of rotatable bonds is 3. The topological polar surface area (TPSA) is 78.3 Å². The van der Waals surface area contributed by atoms with Crippen LogP contribution >= 0.6 is 11.6 Å². The summed E-state index contributed by atoms with van der Waals surface area (Å²) in [6, 6.07) is 6.21. The van der Waals surface area contributed by atoms with Crippen molar-refractivity contribution in [1.82, 2.24) is 14.9 Å². The summed E-state index contributed by atoms with van der Waals surface area (Å²) in [5.41, 5.74) is 2.17. The SMILES string of the molecule is CC1(O)CCCN(C(=O)c2cnc(N[C@@H]3Cc4ccc(Cl)cc4C3)nc2)C1. The van der Waals surface area contributed by atoms with Gasteiger partial charge in [0.15, 0.2) is 0 Å². The number of piperidine rings is 1. The zero-order chi connectivity index (χ0) is 19.0. The van der Waals surface area contributed by atoms with Crippen molar-refractivity contribution in [3.05, 3.63) is 52.3 Å². The van der Waals surface area contributed by atoms with Crippen LogP contribution in [-0.4, -0.2) is 50.6 Å². The van der Waals surface area contributed by atoms with Crippen molar-refractivity contribution in [3.63, 3.8) is 0 Å². The Morgan fingerprint density at radius 1 is 1.30 bits per heavy atom. The molecule has 4 rings (SSSR count). The van der Waals surface area contributed by atoms with Gasteiger partial charge in [-0.2, -0.15) is 0 Å². The maximum atomic E-state index is 12.6. The smallest absolute Gasteiger partial charge is 0.257 e. The number of β-amino-alcohol motifs (C(OH)–C–C–N with tert-alkyl or cyclic N) is 1. The number of amides is 1. The number of hydrogen-bond acceptors (Lipinski definition) is 5. The highest BCUT2D eigenvalue weighted by Gasteiger charge is 2.31. The summed E-state index contributed by atoms with van der Waals surface area (Å²) in [4.78, 5) is 22.9. The fourth-order valence-electron chi connectivity index (χ4n) is 3.96. The van der Waals surface area contributed by atoms with Gasteiger partial charge in [-0.25, -0.2) is 9.97 Å². The zero-order valence-electron chi connectivity index (χ0n) is 15.3. The Kier molecular flexibility index (Phi) is 4.78. The van der Waals surface area contributed by atoms with Crippen LogP contribution in [0.1, 0.15) is 41.3 Å². The fourth-order valence-corrected chi connectivity index (χ4v) is 4.16. The van der Waals surface area contributed by atoms with Crippen LogP contribution in [0.4, 0.5) is 5.95 Å². The molecule has 1 amide bonds. The molecule has 1 aliphatic heterocycles. The number of nitrogens with zero attached hydrogens (tertiary/aromatic N) is 3. The Labute approximate surface area is 163 Å². The highest BCUT2D eigenvalue weighted by Crippen LogP contribution is 2.27. The average molecular weight is 387 g/mol. The van der Waals surface area contributed by atoms with Gasteiger partial charge in [-0.15, -0.1) is 0 Å². The van der Waals surface area contributed by atoms with Gasteiger partial charge in [0.25, 0.3) is 5.91 Å². The van der Waals surface area contributed by atoms with Gasteiger partial charge in [-0.05, 0) is 55.9 Å². The summed E-state index contributed by atoms with van der Waals surface area (Å²) in [6.07, 6.45) is 6.40. The number of carbonyl (C=O) groups is 1. The van der Waals surface area contributed by atoms with Crippen LogP contribution in [0.25, 0.3) is 0 Å². The van der Waals surface area contributed by atoms with Gasteiger partial charge < -0.3 is 15.3 Å². The van der Waals surface area contributed by atoms with Crippen LogP contribution in [-0.2, 0) is 12.8 Å². The lowest BCUT2D eigenvalue weighted by Gasteiger charge is -2.36. The summed E-state index contributed by atoms with van der Waals surface area (Å²) >= 11 is 6.06. The first kappa shape index (κ1) is 18.2. The Balaban J connectivity index is 1.39. The summed E-state index contributed by atoms with van der Waals surface area (Å²) in [5.74, 6) is 0.380. The van der Waals surface area contributed by atoms with Crippen molar-refractivity contribution >= 4 is 23.5 Å². The van der Waals surface area contributed by atoms with Crippen molar-refractivity contribution in [2.45, 2.75) is 44.2 Å². The number of benzene rings is 1. The van der Waals surface area contributed by atoms with E-state index in [2.05, 4.69) is 21.4 Å². The molecule has 2 N–H and O–H groups in total. The molecule has 1 unspecified atom stereocenters. The first-order chi connectivity index (χ1) is 12.9. The molecule has 0 spiro atoms. The normalized spacial score (nSPS) is 24.6. The Hall–Kier alpha value is -2.18. The van der Waals surface area contributed by atoms with Crippen molar-refractivity contribution in [2.24, 2.45) is 0 Å². The molecule has 142 valence electrons. The van der Waals surface area contributed by atoms with Gasteiger partial charge >= 0.3 is 0 Å². The van der Waals surface area contributed by atoms with E-state index < -0.39 is 5.60 Å². The Morgan fingerprint density at radius 2 is 2.04 bits per heavy atom. The van der Waals surface area contributed by atoms with Gasteiger partial charge in [0.1, 0.15) is 0 Å². The largest absolute Gasteiger partial charge is 0.388 e. The van der Waals surface area contributed by atoms with Gasteiger partial charge in [0, 0.05) is 36.5 Å². The molecule has 1 saturated heterocycles. The lowest BCUT2D eigenvalue weighted by atomic mass is 9.95. The maximum Gasteiger partial charge on any atom is 0.257 e. The molecule has 27 heavy (non-hydrogen) atoms. The van der Waals surface area contributed by atoms with Crippen LogP contribution < -0.4 is 5.32 Å². The minimum atomic E-state index is -0.823. The third kappa shape index (κ3) is 4.06. The third-order valence-electron chi connectivity index (χ3n) is 5.30. The van der Waals surface area contributed by atoms with Gasteiger partial charge in [0.05, 0.1) is 11.2 Å². The lowest BCUT2D eigenvalue weighted by Crippen LogP contribution is -2.48. The molecule has 1 fully saturated rings. The van der Waals surface area contributed by atoms with E-state index in [-0.39, 0.29) is 11.9 Å². The lowest BCUT2D eigenvalue weighted by molar-refractivity contribution is -0.0107. The van der Waals surface area contributed by atoms with Crippen LogP contribution in [0.3, 0.4) is 0 Å². The van der Waals surface area contributed by atoms with Gasteiger partial charge in [-0.1, -0.05) is 17.7 Å². The molecule has 1 aromatic heterocycles. The van der Waals surface area contributed by atoms with E-state index in [1.807, 2.05) is 12.1 Å². The van der Waals surface area contributed by atoms with Crippen LogP contribution in [0.15, 0.2) is 30.6 Å². The van der Waals surface area contributed by atoms with Crippen molar-refractivity contribution in [2.75, 3.05) is 18.4 Å². The monoisotopic (exact) mass is 386 g/mol. The van der Waals surface area contributed by atoms with E-state index >= 15 is 0 Å². The average Bonchev–Trinajstić information content (AvgIpc) is 3.02. The van der Waals surface area contributed by atoms with Crippen LogP contribution in [0.2, 0.25) is 5.02 Å². The molecule has 2 aliphatic rings. The first-order valence-corrected chi connectivity index (χ1v) is 9.65. The second kappa shape index (κ2) is 7.09. The van der Waals surface area contributed by atoms with Gasteiger partial charge in [-0.3, -0.25) is 4.79 Å². The summed E-state index contributed by atoms with van der Waals surface area (Å²) in [6.45, 7) is 2.76. The molecule has 0 saturated carbocycles. The number of likely N-dealkylation sites (tertiary alicyclic amines) is 1. The summed E-state index contributed by atoms with van der Waals surface area (Å²) < 4.78 is 0. The Bertz CT molecular complexity index is 854. The molecule has 0 radical (unpaired) electrons. The maximum absolute atomic E-state index is 12.6. The molecule has 7 heteroatoms.